The largest absolute Gasteiger partial charge is 0.490 e. The van der Waals surface area contributed by atoms with Gasteiger partial charge in [-0.3, -0.25) is 5.32 Å². The van der Waals surface area contributed by atoms with Crippen LogP contribution in [0, 0.1) is 0 Å². The van der Waals surface area contributed by atoms with Gasteiger partial charge in [-0.15, -0.1) is 11.3 Å². The molecule has 1 aromatic heterocycles. The molecule has 6 nitrogen and oxygen atoms in total. The van der Waals surface area contributed by atoms with Gasteiger partial charge >= 0.3 is 12.2 Å². The lowest BCUT2D eigenvalue weighted by atomic mass is 10.2. The van der Waals surface area contributed by atoms with Gasteiger partial charge in [0.15, 0.2) is 5.13 Å². The van der Waals surface area contributed by atoms with E-state index in [0.29, 0.717) is 5.13 Å². The van der Waals surface area contributed by atoms with E-state index in [1.807, 2.05) is 0 Å². The molecule has 136 valence electrons. The average molecular weight is 375 g/mol. The van der Waals surface area contributed by atoms with Crippen LogP contribution in [0.15, 0.2) is 35.8 Å². The normalized spacial score (nSPS) is 12.5. The quantitative estimate of drug-likeness (QED) is 0.814. The summed E-state index contributed by atoms with van der Waals surface area (Å²) in [6.07, 6.45) is -4.18. The molecule has 0 saturated heterocycles. The molecule has 0 fully saturated rings. The maximum atomic E-state index is 12.9. The number of carbonyl (C=O) groups is 1. The number of nitrogens with zero attached hydrogens (tertiary/aromatic N) is 2. The summed E-state index contributed by atoms with van der Waals surface area (Å²) >= 11 is 1.24. The molecule has 0 bridgehead atoms. The number of aromatic nitrogens is 1. The molecular formula is C15H16F3N3O3S. The van der Waals surface area contributed by atoms with Gasteiger partial charge < -0.3 is 14.7 Å². The Morgan fingerprint density at radius 3 is 2.80 bits per heavy atom. The Kier molecular flexibility index (Phi) is 6.21. The van der Waals surface area contributed by atoms with Crippen molar-refractivity contribution in [2.24, 2.45) is 0 Å². The summed E-state index contributed by atoms with van der Waals surface area (Å²) in [5, 5.41) is 14.5. The van der Waals surface area contributed by atoms with Crippen molar-refractivity contribution in [1.82, 2.24) is 9.88 Å². The van der Waals surface area contributed by atoms with Gasteiger partial charge in [0.25, 0.3) is 0 Å². The molecule has 0 saturated carbocycles. The lowest BCUT2D eigenvalue weighted by molar-refractivity contribution is -0.139. The molecule has 1 atom stereocenters. The molecule has 2 N–H and O–H groups in total. The summed E-state index contributed by atoms with van der Waals surface area (Å²) in [4.78, 5) is 17.0. The van der Waals surface area contributed by atoms with Crippen LogP contribution >= 0.6 is 11.3 Å². The number of urea groups is 1. The van der Waals surface area contributed by atoms with Gasteiger partial charge in [-0.05, 0) is 12.1 Å². The number of aliphatic hydroxyl groups excluding tert-OH is 1. The fourth-order valence-electron chi connectivity index (χ4n) is 1.94. The van der Waals surface area contributed by atoms with E-state index in [-0.39, 0.29) is 18.9 Å². The molecule has 0 aliphatic rings. The molecule has 2 aromatic rings. The number of amides is 2. The summed E-state index contributed by atoms with van der Waals surface area (Å²) < 4.78 is 43.7. The highest BCUT2D eigenvalue weighted by molar-refractivity contribution is 7.13. The third kappa shape index (κ3) is 5.61. The molecule has 0 radical (unpaired) electrons. The van der Waals surface area contributed by atoms with E-state index in [0.717, 1.165) is 6.07 Å². The Morgan fingerprint density at radius 1 is 1.44 bits per heavy atom. The monoisotopic (exact) mass is 375 g/mol. The third-order valence-corrected chi connectivity index (χ3v) is 3.79. The van der Waals surface area contributed by atoms with Gasteiger partial charge in [0, 0.05) is 18.6 Å². The smallest absolute Gasteiger partial charge is 0.419 e. The zero-order chi connectivity index (χ0) is 18.4. The van der Waals surface area contributed by atoms with E-state index in [9.17, 15) is 23.1 Å². The molecule has 1 aromatic carbocycles. The van der Waals surface area contributed by atoms with Gasteiger partial charge in [0.2, 0.25) is 0 Å². The number of halogens is 3. The SMILES string of the molecule is CN(C[C@H](O)COc1ccccc1C(F)(F)F)C(=O)Nc1nccs1. The van der Waals surface area contributed by atoms with Crippen LogP contribution in [-0.4, -0.2) is 47.3 Å². The van der Waals surface area contributed by atoms with E-state index in [1.54, 1.807) is 5.38 Å². The van der Waals surface area contributed by atoms with Gasteiger partial charge in [-0.1, -0.05) is 12.1 Å². The maximum absolute atomic E-state index is 12.9. The van der Waals surface area contributed by atoms with Crippen LogP contribution in [0.25, 0.3) is 0 Å². The number of nitrogens with one attached hydrogen (secondary N) is 1. The van der Waals surface area contributed by atoms with Gasteiger partial charge in [-0.2, -0.15) is 13.2 Å². The van der Waals surface area contributed by atoms with Gasteiger partial charge in [0.1, 0.15) is 18.5 Å². The maximum Gasteiger partial charge on any atom is 0.419 e. The first kappa shape index (κ1) is 19.0. The van der Waals surface area contributed by atoms with Gasteiger partial charge in [0.05, 0.1) is 12.1 Å². The number of ether oxygens (including phenoxy) is 1. The molecule has 2 amide bonds. The number of para-hydroxylation sites is 1. The number of rotatable bonds is 6. The van der Waals surface area contributed by atoms with E-state index in [2.05, 4.69) is 10.3 Å². The van der Waals surface area contributed by atoms with Crippen LogP contribution in [-0.2, 0) is 6.18 Å². The van der Waals surface area contributed by atoms with Crippen LogP contribution in [0.4, 0.5) is 23.1 Å². The molecular weight excluding hydrogens is 359 g/mol. The molecule has 2 rings (SSSR count). The van der Waals surface area contributed by atoms with Crippen molar-refractivity contribution in [3.63, 3.8) is 0 Å². The van der Waals surface area contributed by atoms with Crippen LogP contribution < -0.4 is 10.1 Å². The summed E-state index contributed by atoms with van der Waals surface area (Å²) in [6, 6.07) is 4.24. The molecule has 0 aliphatic carbocycles. The van der Waals surface area contributed by atoms with Crippen molar-refractivity contribution < 1.29 is 27.8 Å². The summed E-state index contributed by atoms with van der Waals surface area (Å²) in [6.45, 7) is -0.507. The minimum Gasteiger partial charge on any atom is -0.490 e. The van der Waals surface area contributed by atoms with Crippen molar-refractivity contribution in [2.45, 2.75) is 12.3 Å². The van der Waals surface area contributed by atoms with Crippen LogP contribution in [0.5, 0.6) is 5.75 Å². The lowest BCUT2D eigenvalue weighted by Gasteiger charge is -2.21. The summed E-state index contributed by atoms with van der Waals surface area (Å²) in [5.74, 6) is -0.371. The van der Waals surface area contributed by atoms with Crippen LogP contribution in [0.3, 0.4) is 0 Å². The van der Waals surface area contributed by atoms with Gasteiger partial charge in [-0.25, -0.2) is 9.78 Å². The minimum absolute atomic E-state index is 0.120. The van der Waals surface area contributed by atoms with Crippen LogP contribution in [0.2, 0.25) is 0 Å². The molecule has 25 heavy (non-hydrogen) atoms. The number of aliphatic hydroxyl groups is 1. The second-order valence-corrected chi connectivity index (χ2v) is 6.00. The lowest BCUT2D eigenvalue weighted by Crippen LogP contribution is -2.39. The Balaban J connectivity index is 1.86. The predicted octanol–water partition coefficient (Wildman–Crippen LogP) is 3.07. The Hall–Kier alpha value is -2.33. The Bertz CT molecular complexity index is 695. The number of hydrogen-bond donors (Lipinski definition) is 2. The first-order valence-corrected chi connectivity index (χ1v) is 8.04. The zero-order valence-electron chi connectivity index (χ0n) is 13.2. The van der Waals surface area contributed by atoms with E-state index >= 15 is 0 Å². The molecule has 0 aliphatic heterocycles. The topological polar surface area (TPSA) is 74.7 Å². The van der Waals surface area contributed by atoms with Crippen molar-refractivity contribution >= 4 is 22.5 Å². The number of thiazole rings is 1. The number of alkyl halides is 3. The zero-order valence-corrected chi connectivity index (χ0v) is 14.0. The van der Waals surface area contributed by atoms with Crippen molar-refractivity contribution in [1.29, 1.82) is 0 Å². The van der Waals surface area contributed by atoms with E-state index < -0.39 is 23.9 Å². The minimum atomic E-state index is -4.55. The Labute approximate surface area is 145 Å². The summed E-state index contributed by atoms with van der Waals surface area (Å²) in [5.41, 5.74) is -0.919. The van der Waals surface area contributed by atoms with E-state index in [4.69, 9.17) is 4.74 Å². The highest BCUT2D eigenvalue weighted by atomic mass is 32.1. The van der Waals surface area contributed by atoms with Crippen molar-refractivity contribution in [3.05, 3.63) is 41.4 Å². The highest BCUT2D eigenvalue weighted by Crippen LogP contribution is 2.35. The van der Waals surface area contributed by atoms with Crippen molar-refractivity contribution in [2.75, 3.05) is 25.5 Å². The third-order valence-electron chi connectivity index (χ3n) is 3.10. The van der Waals surface area contributed by atoms with Crippen LogP contribution in [0.1, 0.15) is 5.56 Å². The predicted molar refractivity (Wildman–Crippen MR) is 86.7 cm³/mol. The second kappa shape index (κ2) is 8.17. The number of anilines is 1. The standard InChI is InChI=1S/C15H16F3N3O3S/c1-21(14(23)20-13-19-6-7-25-13)8-10(22)9-24-12-5-3-2-4-11(12)15(16,17)18/h2-7,10,22H,8-9H2,1H3,(H,19,20,23)/t10-/m0/s1. The molecule has 0 spiro atoms. The highest BCUT2D eigenvalue weighted by Gasteiger charge is 2.34. The molecule has 10 heteroatoms. The number of hydrogen-bond acceptors (Lipinski definition) is 5. The fourth-order valence-corrected chi connectivity index (χ4v) is 2.46. The Morgan fingerprint density at radius 2 is 2.16 bits per heavy atom. The first-order valence-electron chi connectivity index (χ1n) is 7.16. The van der Waals surface area contributed by atoms with Crippen molar-refractivity contribution in [3.8, 4) is 5.75 Å². The van der Waals surface area contributed by atoms with E-state index in [1.165, 1.54) is 47.7 Å². The summed E-state index contributed by atoms with van der Waals surface area (Å²) in [7, 11) is 1.44. The second-order valence-electron chi connectivity index (χ2n) is 5.11. The fraction of sp³-hybridized carbons (Fsp3) is 0.333. The number of likely N-dealkylation sites (N-methyl/N-ethyl adjacent to an activating group) is 1. The average Bonchev–Trinajstić information content (AvgIpc) is 3.05. The number of benzene rings is 1. The molecule has 0 unspecified atom stereocenters. The molecule has 1 heterocycles. The first-order chi connectivity index (χ1) is 11.8. The number of carbonyl (C=O) groups excluding carboxylic acids is 1.